The van der Waals surface area contributed by atoms with Crippen LogP contribution in [0.25, 0.3) is 0 Å². The zero-order chi connectivity index (χ0) is 22.3. The van der Waals surface area contributed by atoms with E-state index >= 15 is 0 Å². The Balaban J connectivity index is 1.64. The molecular formula is C30H24O2Si. The Hall–Kier alpha value is -4.08. The summed E-state index contributed by atoms with van der Waals surface area (Å²) >= 11 is 0. The van der Waals surface area contributed by atoms with Gasteiger partial charge in [0.05, 0.1) is 0 Å². The molecule has 0 aliphatic heterocycles. The fourth-order valence-electron chi connectivity index (χ4n) is 4.10. The molecule has 5 aromatic rings. The van der Waals surface area contributed by atoms with Gasteiger partial charge in [0.25, 0.3) is 0 Å². The van der Waals surface area contributed by atoms with Crippen LogP contribution in [0.1, 0.15) is 0 Å². The van der Waals surface area contributed by atoms with Crippen molar-refractivity contribution >= 4 is 23.9 Å². The van der Waals surface area contributed by atoms with E-state index in [1.54, 1.807) is 0 Å². The number of rotatable bonds is 7. The van der Waals surface area contributed by atoms with Gasteiger partial charge in [0.2, 0.25) is 0 Å². The van der Waals surface area contributed by atoms with Gasteiger partial charge in [0.1, 0.15) is 17.2 Å². The van der Waals surface area contributed by atoms with E-state index in [2.05, 4.69) is 72.8 Å². The first kappa shape index (κ1) is 20.8. The Kier molecular flexibility index (Phi) is 6.05. The van der Waals surface area contributed by atoms with Crippen LogP contribution in [-0.4, -0.2) is 8.32 Å². The second-order valence-electron chi connectivity index (χ2n) is 7.77. The summed E-state index contributed by atoms with van der Waals surface area (Å²) in [5.74, 6) is 2.33. The second kappa shape index (κ2) is 9.59. The molecule has 2 nitrogen and oxygen atoms in total. The van der Waals surface area contributed by atoms with Crippen LogP contribution in [0.4, 0.5) is 0 Å². The van der Waals surface area contributed by atoms with E-state index in [4.69, 9.17) is 9.16 Å². The summed E-state index contributed by atoms with van der Waals surface area (Å²) in [6, 6.07) is 49.4. The lowest BCUT2D eigenvalue weighted by Crippen LogP contribution is -2.71. The third-order valence-electron chi connectivity index (χ3n) is 5.60. The molecule has 0 atom stereocenters. The average Bonchev–Trinajstić information content (AvgIpc) is 2.90. The van der Waals surface area contributed by atoms with Crippen molar-refractivity contribution in [3.63, 3.8) is 0 Å². The van der Waals surface area contributed by atoms with Gasteiger partial charge in [-0.25, -0.2) is 0 Å². The van der Waals surface area contributed by atoms with Gasteiger partial charge in [0, 0.05) is 6.07 Å². The molecule has 0 amide bonds. The van der Waals surface area contributed by atoms with E-state index in [1.165, 1.54) is 15.6 Å². The molecule has 0 saturated carbocycles. The van der Waals surface area contributed by atoms with Crippen LogP contribution < -0.4 is 24.7 Å². The Morgan fingerprint density at radius 3 is 1.24 bits per heavy atom. The first-order chi connectivity index (χ1) is 16.3. The molecule has 5 rings (SSSR count). The van der Waals surface area contributed by atoms with Gasteiger partial charge in [-0.3, -0.25) is 0 Å². The molecule has 0 N–H and O–H groups in total. The van der Waals surface area contributed by atoms with E-state index in [0.717, 1.165) is 17.2 Å². The lowest BCUT2D eigenvalue weighted by atomic mass is 10.3. The number of hydrogen-bond donors (Lipinski definition) is 0. The van der Waals surface area contributed by atoms with Crippen LogP contribution in [0.2, 0.25) is 0 Å². The number of para-hydroxylation sites is 1. The summed E-state index contributed by atoms with van der Waals surface area (Å²) < 4.78 is 13.2. The Morgan fingerprint density at radius 2 is 0.758 bits per heavy atom. The lowest BCUT2D eigenvalue weighted by Gasteiger charge is -2.33. The fraction of sp³-hybridized carbons (Fsp3) is 0. The molecule has 33 heavy (non-hydrogen) atoms. The van der Waals surface area contributed by atoms with Gasteiger partial charge in [-0.2, -0.15) is 0 Å². The van der Waals surface area contributed by atoms with E-state index in [-0.39, 0.29) is 0 Å². The molecule has 3 heteroatoms. The van der Waals surface area contributed by atoms with Gasteiger partial charge in [0.15, 0.2) is 0 Å². The van der Waals surface area contributed by atoms with Gasteiger partial charge >= 0.3 is 8.32 Å². The van der Waals surface area contributed by atoms with Crippen LogP contribution in [-0.2, 0) is 0 Å². The summed E-state index contributed by atoms with van der Waals surface area (Å²) in [6.45, 7) is 0. The third kappa shape index (κ3) is 4.45. The Bertz CT molecular complexity index is 1190. The molecular weight excluding hydrogens is 420 g/mol. The zero-order valence-electron chi connectivity index (χ0n) is 18.2. The first-order valence-electron chi connectivity index (χ1n) is 11.0. The molecule has 0 spiro atoms. The van der Waals surface area contributed by atoms with Crippen molar-refractivity contribution in [2.24, 2.45) is 0 Å². The fourth-order valence-corrected chi connectivity index (χ4v) is 7.92. The van der Waals surface area contributed by atoms with Crippen molar-refractivity contribution in [2.75, 3.05) is 0 Å². The summed E-state index contributed by atoms with van der Waals surface area (Å²) in [5.41, 5.74) is 0. The highest BCUT2D eigenvalue weighted by atomic mass is 28.4. The monoisotopic (exact) mass is 444 g/mol. The van der Waals surface area contributed by atoms with Crippen LogP contribution in [0.3, 0.4) is 0 Å². The molecule has 160 valence electrons. The quantitative estimate of drug-likeness (QED) is 0.243. The van der Waals surface area contributed by atoms with Crippen molar-refractivity contribution in [3.8, 4) is 17.2 Å². The molecule has 0 aliphatic rings. The first-order valence-corrected chi connectivity index (χ1v) is 12.9. The predicted octanol–water partition coefficient (Wildman–Crippen LogP) is 5.52. The smallest absolute Gasteiger partial charge is 0.346 e. The molecule has 0 fully saturated rings. The summed E-state index contributed by atoms with van der Waals surface area (Å²) in [5, 5.41) is 3.57. The molecule has 0 bridgehead atoms. The van der Waals surface area contributed by atoms with Gasteiger partial charge in [-0.15, -0.1) is 0 Å². The van der Waals surface area contributed by atoms with E-state index in [9.17, 15) is 0 Å². The Morgan fingerprint density at radius 1 is 0.364 bits per heavy atom. The average molecular weight is 445 g/mol. The molecule has 0 saturated heterocycles. The van der Waals surface area contributed by atoms with Crippen LogP contribution in [0.5, 0.6) is 17.2 Å². The van der Waals surface area contributed by atoms with Crippen LogP contribution in [0.15, 0.2) is 146 Å². The number of ether oxygens (including phenoxy) is 1. The van der Waals surface area contributed by atoms with Gasteiger partial charge < -0.3 is 9.16 Å². The molecule has 5 aromatic carbocycles. The summed E-state index contributed by atoms with van der Waals surface area (Å²) in [7, 11) is -2.84. The minimum absolute atomic E-state index is 0.746. The SMILES string of the molecule is c1ccc(Oc2cccc(O[Si](c3ccccc3)(c3ccccc3)c3ccccc3)c2)cc1. The largest absolute Gasteiger partial charge is 0.530 e. The van der Waals surface area contributed by atoms with Crippen LogP contribution >= 0.6 is 0 Å². The van der Waals surface area contributed by atoms with E-state index in [0.29, 0.717) is 0 Å². The number of hydrogen-bond acceptors (Lipinski definition) is 2. The highest BCUT2D eigenvalue weighted by Crippen LogP contribution is 2.26. The maximum Gasteiger partial charge on any atom is 0.346 e. The van der Waals surface area contributed by atoms with Crippen LogP contribution in [0, 0.1) is 0 Å². The van der Waals surface area contributed by atoms with Gasteiger partial charge in [-0.05, 0) is 39.8 Å². The molecule has 0 radical (unpaired) electrons. The Labute approximate surface area is 195 Å². The van der Waals surface area contributed by atoms with Crippen molar-refractivity contribution in [1.82, 2.24) is 0 Å². The highest BCUT2D eigenvalue weighted by molar-refractivity contribution is 7.07. The molecule has 0 aromatic heterocycles. The van der Waals surface area contributed by atoms with E-state index in [1.807, 2.05) is 72.8 Å². The number of benzene rings is 5. The summed E-state index contributed by atoms with van der Waals surface area (Å²) in [6.07, 6.45) is 0. The lowest BCUT2D eigenvalue weighted by molar-refractivity contribution is 0.477. The van der Waals surface area contributed by atoms with Crippen molar-refractivity contribution in [2.45, 2.75) is 0 Å². The van der Waals surface area contributed by atoms with Crippen molar-refractivity contribution in [3.05, 3.63) is 146 Å². The van der Waals surface area contributed by atoms with Gasteiger partial charge in [-0.1, -0.05) is 115 Å². The normalized spacial score (nSPS) is 11.0. The highest BCUT2D eigenvalue weighted by Gasteiger charge is 2.43. The third-order valence-corrected chi connectivity index (χ3v) is 9.58. The second-order valence-corrected chi connectivity index (χ2v) is 11.1. The van der Waals surface area contributed by atoms with E-state index < -0.39 is 8.32 Å². The minimum atomic E-state index is -2.84. The maximum atomic E-state index is 7.10. The predicted molar refractivity (Wildman–Crippen MR) is 138 cm³/mol. The topological polar surface area (TPSA) is 18.5 Å². The molecule has 0 heterocycles. The van der Waals surface area contributed by atoms with Crippen molar-refractivity contribution in [1.29, 1.82) is 0 Å². The summed E-state index contributed by atoms with van der Waals surface area (Å²) in [4.78, 5) is 0. The maximum absolute atomic E-state index is 7.10. The zero-order valence-corrected chi connectivity index (χ0v) is 19.2. The molecule has 0 aliphatic carbocycles. The molecule has 0 unspecified atom stereocenters. The minimum Gasteiger partial charge on any atom is -0.530 e. The standard InChI is InChI=1S/C30H24O2Si/c1-5-14-25(15-6-1)31-26-16-13-17-27(24-26)32-33(28-18-7-2-8-19-28,29-20-9-3-10-21-29)30-22-11-4-12-23-30/h1-24H. The van der Waals surface area contributed by atoms with Crippen molar-refractivity contribution < 1.29 is 9.16 Å².